The summed E-state index contributed by atoms with van der Waals surface area (Å²) in [4.78, 5) is 200. The lowest BCUT2D eigenvalue weighted by Gasteiger charge is -2.33. The van der Waals surface area contributed by atoms with Crippen LogP contribution < -0.4 is 17.2 Å². The van der Waals surface area contributed by atoms with Gasteiger partial charge in [0.05, 0.1) is 78.5 Å². The van der Waals surface area contributed by atoms with Gasteiger partial charge in [0.15, 0.2) is 0 Å². The second-order valence-electron chi connectivity index (χ2n) is 39.8. The lowest BCUT2D eigenvalue weighted by atomic mass is 10.1. The number of benzene rings is 6. The first-order valence-corrected chi connectivity index (χ1v) is 55.7. The molecule has 146 heavy (non-hydrogen) atoms. The van der Waals surface area contributed by atoms with Gasteiger partial charge in [-0.1, -0.05) is 389 Å². The van der Waals surface area contributed by atoms with Crippen molar-refractivity contribution in [3.05, 3.63) is 215 Å². The molecule has 27 nitrogen and oxygen atoms in total. The summed E-state index contributed by atoms with van der Waals surface area (Å²) in [7, 11) is 1.88. The van der Waals surface area contributed by atoms with Crippen LogP contribution in [0.2, 0.25) is 0 Å². The number of hydrogen-bond acceptors (Lipinski definition) is 15. The number of nitrogens with two attached hydrogens (primary N) is 3. The van der Waals surface area contributed by atoms with Crippen molar-refractivity contribution in [3.63, 3.8) is 0 Å². The minimum Gasteiger partial charge on any atom is -0.368 e. The number of nitrogens with zero attached hydrogens (tertiary/aromatic N) is 12. The van der Waals surface area contributed by atoms with Crippen LogP contribution in [0, 0.1) is 0 Å². The van der Waals surface area contributed by atoms with Gasteiger partial charge in [-0.3, -0.25) is 62.4 Å². The molecular weight excluding hydrogens is 1830 g/mol. The Labute approximate surface area is 876 Å². The van der Waals surface area contributed by atoms with E-state index in [-0.39, 0.29) is 129 Å². The van der Waals surface area contributed by atoms with Crippen LogP contribution >= 0.6 is 0 Å². The monoisotopic (exact) mass is 2010 g/mol. The Morgan fingerprint density at radius 1 is 0.178 bits per heavy atom. The van der Waals surface area contributed by atoms with E-state index in [1.165, 1.54) is 58.5 Å². The highest BCUT2D eigenvalue weighted by atomic mass is 16.2. The van der Waals surface area contributed by atoms with Crippen LogP contribution in [0.3, 0.4) is 0 Å². The van der Waals surface area contributed by atoms with E-state index in [9.17, 15) is 19.2 Å². The van der Waals surface area contributed by atoms with E-state index in [0.717, 1.165) is 194 Å². The van der Waals surface area contributed by atoms with Gasteiger partial charge in [0.2, 0.25) is 70.9 Å². The quantitative estimate of drug-likeness (QED) is 0.0299. The summed E-state index contributed by atoms with van der Waals surface area (Å²) < 4.78 is 0. The molecule has 0 fully saturated rings. The third-order valence-electron chi connectivity index (χ3n) is 27.5. The molecule has 0 radical (unpaired) electrons. The van der Waals surface area contributed by atoms with Crippen molar-refractivity contribution in [1.82, 2.24) is 58.8 Å². The van der Waals surface area contributed by atoms with E-state index >= 15 is 38.4 Å². The highest BCUT2D eigenvalue weighted by Crippen LogP contribution is 2.20. The molecule has 6 aromatic carbocycles. The third kappa shape index (κ3) is 54.0. The minimum atomic E-state index is -0.643. The summed E-state index contributed by atoms with van der Waals surface area (Å²) >= 11 is 0. The SMILES string of the molecule is CCCCCCCCCCN(CC(N)=O)C(=O)CN(CCCCCCCCCC)C(=O)CN(CCCCCCCCCC)C(=O)CN(CCCCCCCCCC)C(=O)CN(CCc1ccccc1)C(=O)CN(CCc1ccccc1)C(=O)CN(CCCN)C(=O)CN(CCc1ccccc1)C(=O)CN(CCc1ccccc1)C(=O)CN(CCCN)C(=O)CN(CCc1ccccc1)C(=O)CN(C)CCc1ccccc1. The lowest BCUT2D eigenvalue weighted by molar-refractivity contribution is -0.149. The molecule has 6 aromatic rings. The maximum atomic E-state index is 15.9. The van der Waals surface area contributed by atoms with Gasteiger partial charge in [-0.2, -0.15) is 0 Å². The summed E-state index contributed by atoms with van der Waals surface area (Å²) in [6, 6.07) is 57.8. The molecule has 0 heterocycles. The Morgan fingerprint density at radius 2 is 0.322 bits per heavy atom. The van der Waals surface area contributed by atoms with Crippen molar-refractivity contribution in [2.75, 3.05) is 177 Å². The molecule has 0 spiro atoms. The van der Waals surface area contributed by atoms with Gasteiger partial charge >= 0.3 is 0 Å². The van der Waals surface area contributed by atoms with E-state index in [0.29, 0.717) is 83.7 Å². The Hall–Kier alpha value is -11.2. The predicted molar refractivity (Wildman–Crippen MR) is 588 cm³/mol. The first kappa shape index (κ1) is 124. The van der Waals surface area contributed by atoms with Gasteiger partial charge < -0.3 is 71.1 Å². The smallest absolute Gasteiger partial charge is 0.242 e. The minimum absolute atomic E-state index is 0.0116. The average Bonchev–Trinajstić information content (AvgIpc) is 0.851. The highest BCUT2D eigenvalue weighted by molar-refractivity contribution is 5.95. The number of likely N-dealkylation sites (N-methyl/N-ethyl adjacent to an activating group) is 1. The molecule has 27 heteroatoms. The topological polar surface area (TPSA) is 322 Å². The molecule has 0 aliphatic carbocycles. The molecule has 0 saturated heterocycles. The van der Waals surface area contributed by atoms with Gasteiger partial charge in [0.1, 0.15) is 0 Å². The van der Waals surface area contributed by atoms with Crippen LogP contribution in [0.15, 0.2) is 182 Å². The van der Waals surface area contributed by atoms with Crippen LogP contribution in [0.4, 0.5) is 0 Å². The van der Waals surface area contributed by atoms with Crippen molar-refractivity contribution in [3.8, 4) is 0 Å². The average molecular weight is 2020 g/mol. The summed E-state index contributed by atoms with van der Waals surface area (Å²) in [6.45, 7) is 6.46. The number of carbonyl (C=O) groups is 12. The van der Waals surface area contributed by atoms with Gasteiger partial charge in [0.25, 0.3) is 0 Å². The lowest BCUT2D eigenvalue weighted by Crippen LogP contribution is -2.53. The zero-order valence-electron chi connectivity index (χ0n) is 90.0. The second-order valence-corrected chi connectivity index (χ2v) is 39.8. The predicted octanol–water partition coefficient (Wildman–Crippen LogP) is 16.2. The Kier molecular flexibility index (Phi) is 65.4. The van der Waals surface area contributed by atoms with Crippen molar-refractivity contribution < 1.29 is 57.5 Å². The molecule has 0 aliphatic rings. The van der Waals surface area contributed by atoms with Crippen molar-refractivity contribution in [2.24, 2.45) is 17.2 Å². The normalized spacial score (nSPS) is 11.2. The summed E-state index contributed by atoms with van der Waals surface area (Å²) in [5.74, 6) is -5.98. The van der Waals surface area contributed by atoms with Crippen LogP contribution in [0.1, 0.15) is 279 Å². The van der Waals surface area contributed by atoms with Crippen molar-refractivity contribution in [2.45, 2.75) is 285 Å². The maximum absolute atomic E-state index is 15.9. The summed E-state index contributed by atoms with van der Waals surface area (Å²) in [5, 5.41) is 0. The fourth-order valence-electron chi connectivity index (χ4n) is 18.3. The highest BCUT2D eigenvalue weighted by Gasteiger charge is 2.34. The van der Waals surface area contributed by atoms with Crippen LogP contribution in [0.5, 0.6) is 0 Å². The molecule has 6 rings (SSSR count). The molecular formula is C119H183N15O12. The fourth-order valence-corrected chi connectivity index (χ4v) is 18.3. The van der Waals surface area contributed by atoms with Gasteiger partial charge in [-0.15, -0.1) is 0 Å². The fraction of sp³-hybridized carbons (Fsp3) is 0.597. The van der Waals surface area contributed by atoms with E-state index in [2.05, 4.69) is 27.7 Å². The Balaban J connectivity index is 1.33. The third-order valence-corrected chi connectivity index (χ3v) is 27.5. The number of unbranched alkanes of at least 4 members (excludes halogenated alkanes) is 28. The van der Waals surface area contributed by atoms with Gasteiger partial charge in [0, 0.05) is 78.5 Å². The summed E-state index contributed by atoms with van der Waals surface area (Å²) in [6.07, 6.45) is 34.9. The van der Waals surface area contributed by atoms with Crippen LogP contribution in [-0.4, -0.2) is 307 Å². The molecule has 0 aromatic heterocycles. The summed E-state index contributed by atoms with van der Waals surface area (Å²) in [5.41, 5.74) is 23.9. The number of amides is 12. The van der Waals surface area contributed by atoms with E-state index < -0.39 is 105 Å². The first-order valence-electron chi connectivity index (χ1n) is 55.7. The number of carbonyl (C=O) groups excluding carboxylic acids is 12. The van der Waals surface area contributed by atoms with Crippen molar-refractivity contribution in [1.29, 1.82) is 0 Å². The van der Waals surface area contributed by atoms with Gasteiger partial charge in [-0.25, -0.2) is 0 Å². The van der Waals surface area contributed by atoms with E-state index in [1.54, 1.807) is 14.7 Å². The Morgan fingerprint density at radius 3 is 0.493 bits per heavy atom. The number of hydrogen-bond donors (Lipinski definition) is 3. The number of primary amides is 1. The first-order chi connectivity index (χ1) is 71.0. The molecule has 6 N–H and O–H groups in total. The largest absolute Gasteiger partial charge is 0.368 e. The standard InChI is InChI=1S/C119H183N15O12/c1-6-10-14-18-22-26-30-52-78-124(90-108(122)135)110(137)92-125(79-53-31-27-23-19-15-11-7-2)111(138)93-126(80-54-32-28-24-20-16-12-8-3)112(139)94-127(81-55-33-29-25-21-17-13-9-4)113(140)98-131(86-72-104-62-44-36-45-63-104)118(145)100-133(88-74-106-66-48-38-49-67-106)117(144)96-129(83-57-77-121)115(142)99-132(87-73-105-64-46-37-47-65-105)119(146)101-134(89-75-107-68-50-39-51-69-107)116(143)95-128(82-56-76-120)114(141)97-130(85-71-103-60-42-35-43-61-103)109(136)91-123(5)84-70-102-58-40-34-41-59-102/h34-51,58-69H,6-33,52-57,70-101,120-121H2,1-5H3,(H2,122,135). The van der Waals surface area contributed by atoms with E-state index in [1.807, 2.05) is 194 Å². The molecule has 0 atom stereocenters. The maximum Gasteiger partial charge on any atom is 0.242 e. The molecule has 0 saturated carbocycles. The zero-order chi connectivity index (χ0) is 105. The molecule has 0 unspecified atom stereocenters. The van der Waals surface area contributed by atoms with E-state index in [4.69, 9.17) is 17.2 Å². The van der Waals surface area contributed by atoms with Crippen LogP contribution in [0.25, 0.3) is 0 Å². The molecule has 12 amide bonds. The second kappa shape index (κ2) is 77.3. The van der Waals surface area contributed by atoms with Gasteiger partial charge in [-0.05, 0) is 131 Å². The van der Waals surface area contributed by atoms with Crippen LogP contribution in [-0.2, 0) is 96.1 Å². The molecule has 806 valence electrons. The Bertz CT molecular complexity index is 4580. The molecule has 0 bridgehead atoms. The zero-order valence-corrected chi connectivity index (χ0v) is 90.0. The van der Waals surface area contributed by atoms with Crippen molar-refractivity contribution >= 4 is 70.9 Å². The molecule has 0 aliphatic heterocycles. The number of rotatable bonds is 84.